The molecule has 0 bridgehead atoms. The van der Waals surface area contributed by atoms with E-state index in [1.807, 2.05) is 31.3 Å². The predicted molar refractivity (Wildman–Crippen MR) is 77.2 cm³/mol. The number of methoxy groups -OCH3 is 1. The van der Waals surface area contributed by atoms with Gasteiger partial charge in [0.2, 0.25) is 0 Å². The fourth-order valence-corrected chi connectivity index (χ4v) is 2.03. The zero-order valence-corrected chi connectivity index (χ0v) is 11.3. The van der Waals surface area contributed by atoms with Crippen molar-refractivity contribution in [3.8, 4) is 5.75 Å². The Balaban J connectivity index is 2.18. The Labute approximate surface area is 113 Å². The van der Waals surface area contributed by atoms with Crippen LogP contribution in [-0.4, -0.2) is 19.1 Å². The Morgan fingerprint density at radius 3 is 2.74 bits per heavy atom. The molecule has 2 rings (SSSR count). The number of nitrogens with zero attached hydrogens (tertiary/aromatic N) is 2. The number of pyridine rings is 1. The van der Waals surface area contributed by atoms with Crippen molar-refractivity contribution in [1.29, 1.82) is 0 Å². The second kappa shape index (κ2) is 6.20. The van der Waals surface area contributed by atoms with Gasteiger partial charge in [-0.2, -0.15) is 0 Å². The first-order valence-electron chi connectivity index (χ1n) is 6.22. The Morgan fingerprint density at radius 1 is 1.21 bits per heavy atom. The van der Waals surface area contributed by atoms with Crippen LogP contribution in [0.2, 0.25) is 0 Å². The molecule has 0 aliphatic heterocycles. The maximum Gasteiger partial charge on any atom is 0.171 e. The molecule has 19 heavy (non-hydrogen) atoms. The minimum Gasteiger partial charge on any atom is -0.493 e. The van der Waals surface area contributed by atoms with Crippen molar-refractivity contribution in [1.82, 2.24) is 4.98 Å². The fraction of sp³-hybridized carbons (Fsp3) is 0.267. The predicted octanol–water partition coefficient (Wildman–Crippen LogP) is 2.19. The molecule has 0 unspecified atom stereocenters. The van der Waals surface area contributed by atoms with Crippen molar-refractivity contribution in [2.24, 2.45) is 5.73 Å². The third-order valence-corrected chi connectivity index (χ3v) is 2.98. The molecule has 1 heterocycles. The van der Waals surface area contributed by atoms with Crippen LogP contribution in [0.5, 0.6) is 5.75 Å². The summed E-state index contributed by atoms with van der Waals surface area (Å²) in [5.74, 6) is 1.61. The highest BCUT2D eigenvalue weighted by molar-refractivity contribution is 5.51. The highest BCUT2D eigenvalue weighted by atomic mass is 16.5. The van der Waals surface area contributed by atoms with Gasteiger partial charge in [0, 0.05) is 26.3 Å². The van der Waals surface area contributed by atoms with Crippen molar-refractivity contribution in [3.05, 3.63) is 53.7 Å². The lowest BCUT2D eigenvalue weighted by Gasteiger charge is -2.20. The molecule has 0 saturated heterocycles. The molecule has 0 aliphatic carbocycles. The number of ether oxygens (including phenoxy) is 1. The summed E-state index contributed by atoms with van der Waals surface area (Å²) in [7, 11) is 3.66. The molecular formula is C15H19N3O. The number of nitrogens with two attached hydrogens (primary N) is 1. The molecule has 0 spiro atoms. The molecule has 0 fully saturated rings. The van der Waals surface area contributed by atoms with E-state index in [-0.39, 0.29) is 0 Å². The molecule has 2 aromatic rings. The molecule has 0 amide bonds. The van der Waals surface area contributed by atoms with Gasteiger partial charge in [0.25, 0.3) is 0 Å². The van der Waals surface area contributed by atoms with Gasteiger partial charge >= 0.3 is 0 Å². The summed E-state index contributed by atoms with van der Waals surface area (Å²) in [4.78, 5) is 6.43. The van der Waals surface area contributed by atoms with E-state index in [1.165, 1.54) is 5.56 Å². The summed E-state index contributed by atoms with van der Waals surface area (Å²) in [5.41, 5.74) is 8.00. The van der Waals surface area contributed by atoms with E-state index >= 15 is 0 Å². The molecule has 1 aromatic heterocycles. The van der Waals surface area contributed by atoms with Gasteiger partial charge in [-0.25, -0.2) is 4.98 Å². The summed E-state index contributed by atoms with van der Waals surface area (Å²) in [6.07, 6.45) is 1.77. The van der Waals surface area contributed by atoms with Crippen LogP contribution in [-0.2, 0) is 13.1 Å². The van der Waals surface area contributed by atoms with Gasteiger partial charge in [0.1, 0.15) is 0 Å². The van der Waals surface area contributed by atoms with Gasteiger partial charge in [-0.05, 0) is 23.3 Å². The first-order chi connectivity index (χ1) is 9.24. The van der Waals surface area contributed by atoms with Crippen LogP contribution in [0.1, 0.15) is 11.1 Å². The highest BCUT2D eigenvalue weighted by Gasteiger charge is 2.09. The van der Waals surface area contributed by atoms with Gasteiger partial charge in [0.05, 0.1) is 7.11 Å². The average molecular weight is 257 g/mol. The Kier molecular flexibility index (Phi) is 4.36. The number of rotatable bonds is 5. The zero-order valence-electron chi connectivity index (χ0n) is 11.3. The molecule has 2 N–H and O–H groups in total. The minimum absolute atomic E-state index is 0.560. The summed E-state index contributed by atoms with van der Waals surface area (Å²) in [6.45, 7) is 1.33. The first kappa shape index (κ1) is 13.4. The first-order valence-corrected chi connectivity index (χ1v) is 6.22. The van der Waals surface area contributed by atoms with Gasteiger partial charge in [-0.1, -0.05) is 24.3 Å². The summed E-state index contributed by atoms with van der Waals surface area (Å²) < 4.78 is 5.32. The minimum atomic E-state index is 0.560. The summed E-state index contributed by atoms with van der Waals surface area (Å²) >= 11 is 0. The molecule has 0 atom stereocenters. The van der Waals surface area contributed by atoms with E-state index < -0.39 is 0 Å². The number of anilines is 1. The van der Waals surface area contributed by atoms with Crippen molar-refractivity contribution in [2.45, 2.75) is 13.1 Å². The lowest BCUT2D eigenvalue weighted by atomic mass is 10.1. The van der Waals surface area contributed by atoms with Crippen LogP contribution in [0.15, 0.2) is 42.6 Å². The molecule has 0 saturated carbocycles. The smallest absolute Gasteiger partial charge is 0.171 e. The summed E-state index contributed by atoms with van der Waals surface area (Å²) in [6, 6.07) is 12.0. The van der Waals surface area contributed by atoms with Crippen molar-refractivity contribution >= 4 is 5.82 Å². The van der Waals surface area contributed by atoms with E-state index in [1.54, 1.807) is 13.3 Å². The van der Waals surface area contributed by atoms with E-state index in [2.05, 4.69) is 22.0 Å². The fourth-order valence-electron chi connectivity index (χ4n) is 2.03. The van der Waals surface area contributed by atoms with Crippen molar-refractivity contribution < 1.29 is 4.74 Å². The summed E-state index contributed by atoms with van der Waals surface area (Å²) in [5, 5.41) is 0. The van der Waals surface area contributed by atoms with Crippen molar-refractivity contribution in [2.75, 3.05) is 19.1 Å². The normalized spacial score (nSPS) is 10.3. The van der Waals surface area contributed by atoms with Gasteiger partial charge in [-0.15, -0.1) is 0 Å². The molecule has 0 aliphatic rings. The molecule has 1 aromatic carbocycles. The Morgan fingerprint density at radius 2 is 2.00 bits per heavy atom. The lowest BCUT2D eigenvalue weighted by molar-refractivity contribution is 0.413. The van der Waals surface area contributed by atoms with E-state index in [4.69, 9.17) is 10.5 Å². The van der Waals surface area contributed by atoms with Gasteiger partial charge in [0.15, 0.2) is 11.6 Å². The molecular weight excluding hydrogens is 238 g/mol. The van der Waals surface area contributed by atoms with Crippen LogP contribution in [0.4, 0.5) is 5.82 Å². The molecule has 0 radical (unpaired) electrons. The number of benzene rings is 1. The van der Waals surface area contributed by atoms with Crippen molar-refractivity contribution in [3.63, 3.8) is 0 Å². The Hall–Kier alpha value is -2.07. The maximum atomic E-state index is 5.66. The largest absolute Gasteiger partial charge is 0.493 e. The van der Waals surface area contributed by atoms with Gasteiger partial charge in [-0.3, -0.25) is 0 Å². The van der Waals surface area contributed by atoms with Crippen LogP contribution >= 0.6 is 0 Å². The standard InChI is InChI=1S/C15H19N3O/c1-18(15-14(19-2)7-4-8-17-15)11-13-6-3-5-12(9-13)10-16/h3-9H,10-11,16H2,1-2H3. The lowest BCUT2D eigenvalue weighted by Crippen LogP contribution is -2.18. The third-order valence-electron chi connectivity index (χ3n) is 2.98. The Bertz CT molecular complexity index is 542. The van der Waals surface area contributed by atoms with Crippen LogP contribution in [0.25, 0.3) is 0 Å². The van der Waals surface area contributed by atoms with Crippen LogP contribution in [0, 0.1) is 0 Å². The quantitative estimate of drug-likeness (QED) is 0.892. The third kappa shape index (κ3) is 3.23. The second-order valence-electron chi connectivity index (χ2n) is 4.41. The number of aromatic nitrogens is 1. The topological polar surface area (TPSA) is 51.4 Å². The monoisotopic (exact) mass is 257 g/mol. The molecule has 4 heteroatoms. The average Bonchev–Trinajstić information content (AvgIpc) is 2.47. The molecule has 100 valence electrons. The van der Waals surface area contributed by atoms with Crippen LogP contribution in [0.3, 0.4) is 0 Å². The highest BCUT2D eigenvalue weighted by Crippen LogP contribution is 2.24. The number of hydrogen-bond acceptors (Lipinski definition) is 4. The zero-order chi connectivity index (χ0) is 13.7. The van der Waals surface area contributed by atoms with E-state index in [9.17, 15) is 0 Å². The second-order valence-corrected chi connectivity index (χ2v) is 4.41. The van der Waals surface area contributed by atoms with Crippen LogP contribution < -0.4 is 15.4 Å². The van der Waals surface area contributed by atoms with E-state index in [0.29, 0.717) is 6.54 Å². The molecule has 4 nitrogen and oxygen atoms in total. The SMILES string of the molecule is COc1cccnc1N(C)Cc1cccc(CN)c1. The van der Waals surface area contributed by atoms with Gasteiger partial charge < -0.3 is 15.4 Å². The van der Waals surface area contributed by atoms with E-state index in [0.717, 1.165) is 23.7 Å². The maximum absolute atomic E-state index is 5.66. The number of hydrogen-bond donors (Lipinski definition) is 1.